The molecule has 6 heteroatoms. The molecule has 0 spiro atoms. The summed E-state index contributed by atoms with van der Waals surface area (Å²) in [5, 5.41) is 0. The second-order valence-corrected chi connectivity index (χ2v) is 5.61. The number of halogens is 1. The van der Waals surface area contributed by atoms with E-state index in [0.717, 1.165) is 21.5 Å². The third-order valence-corrected chi connectivity index (χ3v) is 2.97. The zero-order valence-corrected chi connectivity index (χ0v) is 12.0. The summed E-state index contributed by atoms with van der Waals surface area (Å²) < 4.78 is 2.90. The Morgan fingerprint density at radius 3 is 2.88 bits per heavy atom. The van der Waals surface area contributed by atoms with Gasteiger partial charge in [-0.05, 0) is 22.0 Å². The van der Waals surface area contributed by atoms with Gasteiger partial charge in [0.05, 0.1) is 11.5 Å². The molecule has 4 nitrogen and oxygen atoms in total. The fourth-order valence-corrected chi connectivity index (χ4v) is 2.20. The van der Waals surface area contributed by atoms with Gasteiger partial charge in [0.25, 0.3) is 0 Å². The van der Waals surface area contributed by atoms with Gasteiger partial charge >= 0.3 is 0 Å². The number of fused-ring (bicyclic) bond motifs is 1. The molecule has 0 saturated heterocycles. The highest BCUT2D eigenvalue weighted by atomic mass is 79.9. The number of hydrogen-bond donors (Lipinski definition) is 1. The number of imidazole rings is 1. The van der Waals surface area contributed by atoms with Crippen LogP contribution in [0, 0.1) is 0 Å². The van der Waals surface area contributed by atoms with Crippen molar-refractivity contribution in [3.05, 3.63) is 22.6 Å². The van der Waals surface area contributed by atoms with E-state index in [1.54, 1.807) is 6.20 Å². The first kappa shape index (κ1) is 12.4. The molecule has 0 aliphatic carbocycles. The number of nitrogens with zero attached hydrogens (tertiary/aromatic N) is 3. The van der Waals surface area contributed by atoms with E-state index in [4.69, 9.17) is 18.0 Å². The van der Waals surface area contributed by atoms with Gasteiger partial charge in [0.2, 0.25) is 0 Å². The van der Waals surface area contributed by atoms with Crippen molar-refractivity contribution in [2.75, 3.05) is 0 Å². The van der Waals surface area contributed by atoms with Crippen LogP contribution in [0.25, 0.3) is 11.2 Å². The van der Waals surface area contributed by atoms with Gasteiger partial charge in [-0.3, -0.25) is 0 Å². The van der Waals surface area contributed by atoms with Gasteiger partial charge in [-0.2, -0.15) is 0 Å². The van der Waals surface area contributed by atoms with Crippen LogP contribution >= 0.6 is 28.1 Å². The fraction of sp³-hybridized carbons (Fsp3) is 0.364. The zero-order valence-electron chi connectivity index (χ0n) is 9.64. The zero-order chi connectivity index (χ0) is 12.6. The van der Waals surface area contributed by atoms with E-state index < -0.39 is 0 Å². The van der Waals surface area contributed by atoms with Gasteiger partial charge in [0.1, 0.15) is 11.3 Å². The van der Waals surface area contributed by atoms with E-state index in [-0.39, 0.29) is 0 Å². The van der Waals surface area contributed by atoms with Crippen molar-refractivity contribution in [2.24, 2.45) is 5.73 Å². The smallest absolute Gasteiger partial charge is 0.160 e. The van der Waals surface area contributed by atoms with Gasteiger partial charge < -0.3 is 10.3 Å². The fourth-order valence-electron chi connectivity index (χ4n) is 1.76. The predicted octanol–water partition coefficient (Wildman–Crippen LogP) is 2.60. The summed E-state index contributed by atoms with van der Waals surface area (Å²) in [7, 11) is 0. The largest absolute Gasteiger partial charge is 0.392 e. The number of rotatable bonds is 3. The normalized spacial score (nSPS) is 11.3. The second-order valence-electron chi connectivity index (χ2n) is 4.17. The van der Waals surface area contributed by atoms with E-state index in [1.165, 1.54) is 0 Å². The van der Waals surface area contributed by atoms with E-state index in [1.807, 2.05) is 10.6 Å². The van der Waals surface area contributed by atoms with Crippen LogP contribution in [0.15, 0.2) is 16.7 Å². The minimum absolute atomic E-state index is 0.303. The van der Waals surface area contributed by atoms with Gasteiger partial charge in [-0.15, -0.1) is 0 Å². The lowest BCUT2D eigenvalue weighted by molar-refractivity contribution is 0.700. The maximum Gasteiger partial charge on any atom is 0.160 e. The molecule has 0 radical (unpaired) electrons. The molecule has 0 aliphatic heterocycles. The molecule has 2 rings (SSSR count). The molecule has 2 N–H and O–H groups in total. The molecular formula is C11H13BrN4S. The average molecular weight is 313 g/mol. The Morgan fingerprint density at radius 1 is 1.59 bits per heavy atom. The molecule has 90 valence electrons. The van der Waals surface area contributed by atoms with Crippen LogP contribution < -0.4 is 5.73 Å². The Kier molecular flexibility index (Phi) is 3.44. The Bertz CT molecular complexity index is 576. The van der Waals surface area contributed by atoms with Crippen LogP contribution in [-0.4, -0.2) is 19.5 Å². The summed E-state index contributed by atoms with van der Waals surface area (Å²) in [5.74, 6) is 1.26. The summed E-state index contributed by atoms with van der Waals surface area (Å²) in [6.07, 6.45) is 1.75. The molecule has 0 bridgehead atoms. The summed E-state index contributed by atoms with van der Waals surface area (Å²) in [4.78, 5) is 9.40. The third-order valence-electron chi connectivity index (χ3n) is 2.41. The molecule has 0 aromatic carbocycles. The van der Waals surface area contributed by atoms with Crippen LogP contribution in [0.2, 0.25) is 0 Å². The molecule has 2 aromatic rings. The highest BCUT2D eigenvalue weighted by Gasteiger charge is 2.15. The maximum atomic E-state index is 5.62. The Labute approximate surface area is 113 Å². The summed E-state index contributed by atoms with van der Waals surface area (Å²) in [6, 6.07) is 1.95. The number of thiocarbonyl (C=S) groups is 1. The van der Waals surface area contributed by atoms with Gasteiger partial charge in [0.15, 0.2) is 5.65 Å². The van der Waals surface area contributed by atoms with E-state index in [9.17, 15) is 0 Å². The first-order chi connectivity index (χ1) is 7.99. The van der Waals surface area contributed by atoms with Gasteiger partial charge in [-0.1, -0.05) is 26.1 Å². The van der Waals surface area contributed by atoms with Crippen molar-refractivity contribution < 1.29 is 0 Å². The molecule has 2 heterocycles. The highest BCUT2D eigenvalue weighted by Crippen LogP contribution is 2.22. The van der Waals surface area contributed by atoms with E-state index >= 15 is 0 Å². The average Bonchev–Trinajstić information content (AvgIpc) is 2.55. The molecule has 0 atom stereocenters. The summed E-state index contributed by atoms with van der Waals surface area (Å²) in [6.45, 7) is 4.66. The van der Waals surface area contributed by atoms with E-state index in [0.29, 0.717) is 17.5 Å². The van der Waals surface area contributed by atoms with Crippen LogP contribution in [0.1, 0.15) is 25.6 Å². The monoisotopic (exact) mass is 312 g/mol. The molecule has 17 heavy (non-hydrogen) atoms. The minimum Gasteiger partial charge on any atom is -0.392 e. The first-order valence-electron chi connectivity index (χ1n) is 5.29. The summed E-state index contributed by atoms with van der Waals surface area (Å²) in [5.41, 5.74) is 7.30. The minimum atomic E-state index is 0.303. The highest BCUT2D eigenvalue weighted by molar-refractivity contribution is 9.10. The van der Waals surface area contributed by atoms with Crippen molar-refractivity contribution in [3.63, 3.8) is 0 Å². The van der Waals surface area contributed by atoms with Crippen LogP contribution in [-0.2, 0) is 6.54 Å². The SMILES string of the molecule is CC(C)c1nc2cc(Br)cnc2n1CC(N)=S. The molecule has 0 saturated carbocycles. The second kappa shape index (κ2) is 4.70. The molecule has 0 unspecified atom stereocenters. The number of hydrogen-bond acceptors (Lipinski definition) is 3. The maximum absolute atomic E-state index is 5.62. The lowest BCUT2D eigenvalue weighted by Gasteiger charge is -2.09. The predicted molar refractivity (Wildman–Crippen MR) is 76.1 cm³/mol. The molecular weight excluding hydrogens is 300 g/mol. The standard InChI is InChI=1S/C11H13BrN4S/c1-6(2)10-15-8-3-7(12)4-14-11(8)16(10)5-9(13)17/h3-4,6H,5H2,1-2H3,(H2,13,17). The molecule has 0 amide bonds. The molecule has 0 aliphatic rings. The van der Waals surface area contributed by atoms with E-state index in [2.05, 4.69) is 39.7 Å². The number of aromatic nitrogens is 3. The molecule has 2 aromatic heterocycles. The van der Waals surface area contributed by atoms with Crippen LogP contribution in [0.5, 0.6) is 0 Å². The van der Waals surface area contributed by atoms with Gasteiger partial charge in [0, 0.05) is 16.6 Å². The Morgan fingerprint density at radius 2 is 2.29 bits per heavy atom. The quantitative estimate of drug-likeness (QED) is 0.885. The Hall–Kier alpha value is -1.01. The number of pyridine rings is 1. The number of nitrogens with two attached hydrogens (primary N) is 1. The van der Waals surface area contributed by atoms with Crippen molar-refractivity contribution in [1.82, 2.24) is 14.5 Å². The van der Waals surface area contributed by atoms with Crippen LogP contribution in [0.3, 0.4) is 0 Å². The van der Waals surface area contributed by atoms with Crippen LogP contribution in [0.4, 0.5) is 0 Å². The van der Waals surface area contributed by atoms with Gasteiger partial charge in [-0.25, -0.2) is 9.97 Å². The summed E-state index contributed by atoms with van der Waals surface area (Å²) >= 11 is 8.36. The molecule has 0 fully saturated rings. The van der Waals surface area contributed by atoms with Crippen molar-refractivity contribution >= 4 is 44.3 Å². The Balaban J connectivity index is 2.66. The first-order valence-corrected chi connectivity index (χ1v) is 6.49. The van der Waals surface area contributed by atoms with Crippen molar-refractivity contribution in [2.45, 2.75) is 26.3 Å². The topological polar surface area (TPSA) is 56.7 Å². The lowest BCUT2D eigenvalue weighted by atomic mass is 10.2. The van der Waals surface area contributed by atoms with Crippen molar-refractivity contribution in [1.29, 1.82) is 0 Å². The third kappa shape index (κ3) is 2.47. The lowest BCUT2D eigenvalue weighted by Crippen LogP contribution is -2.19. The van der Waals surface area contributed by atoms with Crippen molar-refractivity contribution in [3.8, 4) is 0 Å².